The topological polar surface area (TPSA) is 91.0 Å². The van der Waals surface area contributed by atoms with Gasteiger partial charge in [0.25, 0.3) is 5.91 Å². The number of hydrogen-bond acceptors (Lipinski definition) is 5. The van der Waals surface area contributed by atoms with E-state index in [0.717, 1.165) is 74.1 Å². The molecule has 0 spiro atoms. The fourth-order valence-corrected chi connectivity index (χ4v) is 4.95. The highest BCUT2D eigenvalue weighted by Crippen LogP contribution is 2.32. The lowest BCUT2D eigenvalue weighted by Crippen LogP contribution is -2.28. The molecule has 0 radical (unpaired) electrons. The fourth-order valence-electron chi connectivity index (χ4n) is 4.95. The maximum Gasteiger partial charge on any atom is 0.255 e. The zero-order valence-corrected chi connectivity index (χ0v) is 20.3. The van der Waals surface area contributed by atoms with Crippen LogP contribution in [0.1, 0.15) is 79.1 Å². The van der Waals surface area contributed by atoms with Gasteiger partial charge in [-0.1, -0.05) is 32.1 Å². The highest BCUT2D eigenvalue weighted by molar-refractivity contribution is 6.05. The van der Waals surface area contributed by atoms with Crippen LogP contribution in [0.5, 0.6) is 0 Å². The quantitative estimate of drug-likeness (QED) is 0.505. The molecule has 4 rings (SSSR count). The molecule has 1 heterocycles. The summed E-state index contributed by atoms with van der Waals surface area (Å²) < 4.78 is 0. The number of nitrogens with zero attached hydrogens (tertiary/aromatic N) is 2. The molecule has 2 aromatic carbocycles. The molecule has 34 heavy (non-hydrogen) atoms. The Hall–Kier alpha value is -2.96. The van der Waals surface area contributed by atoms with E-state index in [1.807, 2.05) is 30.3 Å². The van der Waals surface area contributed by atoms with E-state index in [0.29, 0.717) is 23.5 Å². The summed E-state index contributed by atoms with van der Waals surface area (Å²) in [6, 6.07) is 11.4. The number of anilines is 1. The summed E-state index contributed by atoms with van der Waals surface area (Å²) in [6.45, 7) is 7.41. The molecule has 2 aromatic rings. The summed E-state index contributed by atoms with van der Waals surface area (Å²) in [7, 11) is 0. The Morgan fingerprint density at radius 1 is 1.18 bits per heavy atom. The van der Waals surface area contributed by atoms with Gasteiger partial charge in [-0.2, -0.15) is 0 Å². The number of aliphatic hydroxyl groups excluding tert-OH is 1. The number of rotatable bonds is 8. The molecule has 1 atom stereocenters. The van der Waals surface area contributed by atoms with Crippen LogP contribution >= 0.6 is 0 Å². The summed E-state index contributed by atoms with van der Waals surface area (Å²) in [5.74, 6) is 0.367. The number of fused-ring (bicyclic) bond motifs is 2. The number of nitrogens with two attached hydrogens (primary N) is 1. The van der Waals surface area contributed by atoms with Gasteiger partial charge >= 0.3 is 0 Å². The van der Waals surface area contributed by atoms with Gasteiger partial charge in [-0.05, 0) is 86.2 Å². The van der Waals surface area contributed by atoms with Crippen molar-refractivity contribution in [1.82, 2.24) is 4.90 Å². The average Bonchev–Trinajstić information content (AvgIpc) is 2.96. The van der Waals surface area contributed by atoms with Crippen molar-refractivity contribution in [3.05, 3.63) is 64.2 Å². The van der Waals surface area contributed by atoms with Gasteiger partial charge in [-0.25, -0.2) is 4.99 Å². The zero-order valence-electron chi connectivity index (χ0n) is 20.3. The van der Waals surface area contributed by atoms with Crippen molar-refractivity contribution in [2.75, 3.05) is 25.0 Å². The second-order valence-corrected chi connectivity index (χ2v) is 9.41. The number of amides is 1. The fraction of sp³-hybridized carbons (Fsp3) is 0.429. The minimum atomic E-state index is -0.461. The van der Waals surface area contributed by atoms with Crippen molar-refractivity contribution in [3.63, 3.8) is 0 Å². The Balaban J connectivity index is 1.53. The number of benzene rings is 2. The molecule has 0 saturated heterocycles. The number of nitrogens with one attached hydrogen (secondary N) is 1. The molecule has 0 saturated carbocycles. The van der Waals surface area contributed by atoms with E-state index in [2.05, 4.69) is 35.1 Å². The summed E-state index contributed by atoms with van der Waals surface area (Å²) in [6.07, 6.45) is 7.31. The van der Waals surface area contributed by atoms with E-state index in [4.69, 9.17) is 5.73 Å². The maximum absolute atomic E-state index is 13.0. The largest absolute Gasteiger partial charge is 0.388 e. The third-order valence-corrected chi connectivity index (χ3v) is 6.52. The predicted molar refractivity (Wildman–Crippen MR) is 140 cm³/mol. The number of carbonyl (C=O) groups excluding carboxylic acids is 1. The van der Waals surface area contributed by atoms with Crippen LogP contribution in [0, 0.1) is 0 Å². The van der Waals surface area contributed by atoms with Gasteiger partial charge in [0.15, 0.2) is 0 Å². The van der Waals surface area contributed by atoms with Gasteiger partial charge in [-0.15, -0.1) is 0 Å². The van der Waals surface area contributed by atoms with Crippen molar-refractivity contribution >= 4 is 29.2 Å². The highest BCUT2D eigenvalue weighted by atomic mass is 16.3. The number of amidine groups is 1. The van der Waals surface area contributed by atoms with Crippen molar-refractivity contribution in [2.24, 2.45) is 10.7 Å². The van der Waals surface area contributed by atoms with E-state index in [-0.39, 0.29) is 5.91 Å². The van der Waals surface area contributed by atoms with Crippen molar-refractivity contribution in [2.45, 2.75) is 58.5 Å². The molecule has 6 heteroatoms. The number of aryl methyl sites for hydroxylation is 1. The summed E-state index contributed by atoms with van der Waals surface area (Å²) in [4.78, 5) is 20.1. The van der Waals surface area contributed by atoms with Gasteiger partial charge in [0.1, 0.15) is 5.84 Å². The molecular formula is C28H36N4O2. The van der Waals surface area contributed by atoms with Gasteiger partial charge in [0.2, 0.25) is 0 Å². The predicted octanol–water partition coefficient (Wildman–Crippen LogP) is 5.21. The molecule has 1 aliphatic heterocycles. The average molecular weight is 461 g/mol. The van der Waals surface area contributed by atoms with Gasteiger partial charge in [-0.3, -0.25) is 9.69 Å². The lowest BCUT2D eigenvalue weighted by Gasteiger charge is -2.22. The lowest BCUT2D eigenvalue weighted by molar-refractivity contribution is 0.102. The van der Waals surface area contributed by atoms with Crippen LogP contribution in [0.15, 0.2) is 47.0 Å². The Kier molecular flexibility index (Phi) is 7.80. The van der Waals surface area contributed by atoms with Gasteiger partial charge < -0.3 is 16.2 Å². The minimum absolute atomic E-state index is 0.202. The van der Waals surface area contributed by atoms with Crippen LogP contribution in [0.2, 0.25) is 0 Å². The van der Waals surface area contributed by atoms with Crippen LogP contribution in [0.4, 0.5) is 11.4 Å². The van der Waals surface area contributed by atoms with E-state index in [1.54, 1.807) is 6.07 Å². The van der Waals surface area contributed by atoms with Crippen LogP contribution in [-0.4, -0.2) is 41.4 Å². The summed E-state index contributed by atoms with van der Waals surface area (Å²) in [5, 5.41) is 13.3. The Morgan fingerprint density at radius 3 is 2.74 bits per heavy atom. The Bertz CT molecular complexity index is 1100. The van der Waals surface area contributed by atoms with E-state index in [1.165, 1.54) is 5.57 Å². The summed E-state index contributed by atoms with van der Waals surface area (Å²) >= 11 is 0. The van der Waals surface area contributed by atoms with Crippen molar-refractivity contribution in [3.8, 4) is 0 Å². The molecule has 1 aliphatic carbocycles. The van der Waals surface area contributed by atoms with Gasteiger partial charge in [0, 0.05) is 29.8 Å². The Morgan fingerprint density at radius 2 is 1.97 bits per heavy atom. The van der Waals surface area contributed by atoms with E-state index >= 15 is 0 Å². The van der Waals surface area contributed by atoms with Crippen LogP contribution < -0.4 is 11.1 Å². The molecule has 1 unspecified atom stereocenters. The molecule has 1 amide bonds. The van der Waals surface area contributed by atoms with Crippen LogP contribution in [-0.2, 0) is 6.42 Å². The highest BCUT2D eigenvalue weighted by Gasteiger charge is 2.19. The monoisotopic (exact) mass is 460 g/mol. The SMILES string of the molecule is CCCN(CCC)CC1=Cc2ccc(C(=O)Nc3ccc4c(c3)C(O)CCC4)cc2N=C(N)C1. The number of carbonyl (C=O) groups is 1. The Labute approximate surface area is 202 Å². The molecule has 2 aliphatic rings. The van der Waals surface area contributed by atoms with Crippen LogP contribution in [0.3, 0.4) is 0 Å². The minimum Gasteiger partial charge on any atom is -0.388 e. The number of aliphatic imine (C=N–C) groups is 1. The maximum atomic E-state index is 13.0. The molecular weight excluding hydrogens is 424 g/mol. The number of hydrogen-bond donors (Lipinski definition) is 3. The van der Waals surface area contributed by atoms with E-state index < -0.39 is 6.10 Å². The molecule has 0 aromatic heterocycles. The lowest BCUT2D eigenvalue weighted by atomic mass is 9.89. The van der Waals surface area contributed by atoms with Crippen molar-refractivity contribution < 1.29 is 9.90 Å². The zero-order chi connectivity index (χ0) is 24.1. The van der Waals surface area contributed by atoms with Gasteiger partial charge in [0.05, 0.1) is 11.8 Å². The first kappa shape index (κ1) is 24.2. The smallest absolute Gasteiger partial charge is 0.255 e. The second kappa shape index (κ2) is 11.0. The van der Waals surface area contributed by atoms with Crippen LogP contribution in [0.25, 0.3) is 6.08 Å². The molecule has 0 bridgehead atoms. The third kappa shape index (κ3) is 5.75. The number of aliphatic hydroxyl groups is 1. The standard InChI is InChI=1S/C28H36N4O2/c1-3-12-32(13-4-2)18-19-14-21-8-9-22(16-25(21)31-27(29)15-19)28(34)30-23-11-10-20-6-5-7-26(33)24(20)17-23/h8-11,14,16-17,26,33H,3-7,12-13,15,18H2,1-2H3,(H2,29,31)(H,30,34). The molecule has 6 nitrogen and oxygen atoms in total. The van der Waals surface area contributed by atoms with Crippen molar-refractivity contribution in [1.29, 1.82) is 0 Å². The first-order valence-electron chi connectivity index (χ1n) is 12.5. The first-order valence-corrected chi connectivity index (χ1v) is 12.5. The second-order valence-electron chi connectivity index (χ2n) is 9.41. The normalized spacial score (nSPS) is 17.4. The summed E-state index contributed by atoms with van der Waals surface area (Å²) in [5.41, 5.74) is 12.5. The van der Waals surface area contributed by atoms with E-state index in [9.17, 15) is 9.90 Å². The molecule has 4 N–H and O–H groups in total. The molecule has 0 fully saturated rings. The third-order valence-electron chi connectivity index (χ3n) is 6.52. The molecule has 180 valence electrons. The first-order chi connectivity index (χ1) is 16.5.